The number of carbonyl (C=O) groups excluding carboxylic acids is 3. The van der Waals surface area contributed by atoms with Gasteiger partial charge in [-0.05, 0) is 66.4 Å². The Labute approximate surface area is 278 Å². The summed E-state index contributed by atoms with van der Waals surface area (Å²) in [6.45, 7) is 0.904. The summed E-state index contributed by atoms with van der Waals surface area (Å²) in [6.07, 6.45) is 3.20. The summed E-state index contributed by atoms with van der Waals surface area (Å²) in [5, 5.41) is 10.8. The number of nitrogens with one attached hydrogen (secondary N) is 4. The second-order valence-corrected chi connectivity index (χ2v) is 12.9. The van der Waals surface area contributed by atoms with Crippen LogP contribution < -0.4 is 27.4 Å². The molecule has 5 rings (SSSR count). The molecule has 0 saturated carbocycles. The summed E-state index contributed by atoms with van der Waals surface area (Å²) < 4.78 is 0. The van der Waals surface area contributed by atoms with Crippen LogP contribution in [0.25, 0.3) is 10.9 Å². The van der Waals surface area contributed by atoms with Crippen LogP contribution in [-0.4, -0.2) is 65.9 Å². The first-order valence-corrected chi connectivity index (χ1v) is 16.6. The normalized spacial score (nSPS) is 20.0. The highest BCUT2D eigenvalue weighted by molar-refractivity contribution is 7.99. The average molecular weight is 662 g/mol. The lowest BCUT2D eigenvalue weighted by Gasteiger charge is -2.31. The van der Waals surface area contributed by atoms with Gasteiger partial charge in [-0.1, -0.05) is 59.8 Å². The summed E-state index contributed by atoms with van der Waals surface area (Å²) in [6, 6.07) is 18.8. The van der Waals surface area contributed by atoms with Crippen LogP contribution in [0.2, 0.25) is 5.02 Å². The minimum Gasteiger partial charge on any atom is -0.361 e. The molecule has 0 unspecified atom stereocenters. The summed E-state index contributed by atoms with van der Waals surface area (Å²) in [5.41, 5.74) is 15.5. The number of aromatic amines is 1. The summed E-state index contributed by atoms with van der Waals surface area (Å²) >= 11 is 7.99. The molecule has 0 bridgehead atoms. The number of likely N-dealkylation sites (N-methyl/N-ethyl adjacent to an activating group) is 1. The number of hydrogen-bond acceptors (Lipinski definition) is 7. The Balaban J connectivity index is 1.54. The number of nitrogens with two attached hydrogens (primary N) is 2. The lowest BCUT2D eigenvalue weighted by Crippen LogP contribution is -2.59. The number of benzene rings is 3. The zero-order chi connectivity index (χ0) is 32.6. The van der Waals surface area contributed by atoms with Crippen molar-refractivity contribution in [2.75, 3.05) is 20.1 Å². The number of fused-ring (bicyclic) bond motifs is 3. The van der Waals surface area contributed by atoms with Crippen LogP contribution in [0.4, 0.5) is 0 Å². The Morgan fingerprint density at radius 2 is 1.67 bits per heavy atom. The van der Waals surface area contributed by atoms with Gasteiger partial charge in [0.1, 0.15) is 12.1 Å². The topological polar surface area (TPSA) is 158 Å². The predicted octanol–water partition coefficient (Wildman–Crippen LogP) is 3.31. The average Bonchev–Trinajstić information content (AvgIpc) is 3.48. The van der Waals surface area contributed by atoms with Crippen molar-refractivity contribution in [3.8, 4) is 0 Å². The van der Waals surface area contributed by atoms with Gasteiger partial charge in [-0.15, -0.1) is 0 Å². The maximum atomic E-state index is 14.0. The van der Waals surface area contributed by atoms with Crippen LogP contribution in [-0.2, 0) is 33.9 Å². The van der Waals surface area contributed by atoms with Crippen LogP contribution in [0.1, 0.15) is 29.5 Å². The molecule has 2 heterocycles. The van der Waals surface area contributed by atoms with Gasteiger partial charge in [0.05, 0.1) is 6.04 Å². The van der Waals surface area contributed by atoms with Gasteiger partial charge in [0.15, 0.2) is 0 Å². The fourth-order valence-electron chi connectivity index (χ4n) is 5.64. The van der Waals surface area contributed by atoms with Gasteiger partial charge in [-0.25, -0.2) is 0 Å². The van der Waals surface area contributed by atoms with E-state index >= 15 is 0 Å². The van der Waals surface area contributed by atoms with E-state index in [-0.39, 0.29) is 31.3 Å². The highest BCUT2D eigenvalue weighted by Gasteiger charge is 2.33. The smallest absolute Gasteiger partial charge is 0.246 e. The van der Waals surface area contributed by atoms with Crippen molar-refractivity contribution < 1.29 is 14.4 Å². The zero-order valence-electron chi connectivity index (χ0n) is 25.7. The Bertz CT molecular complexity index is 1700. The summed E-state index contributed by atoms with van der Waals surface area (Å²) in [4.78, 5) is 48.1. The van der Waals surface area contributed by atoms with Crippen molar-refractivity contribution in [1.29, 1.82) is 0 Å². The van der Waals surface area contributed by atoms with Crippen molar-refractivity contribution >= 4 is 52.0 Å². The summed E-state index contributed by atoms with van der Waals surface area (Å²) in [5.74, 6) is -1.15. The molecule has 242 valence electrons. The Kier molecular flexibility index (Phi) is 11.4. The molecule has 8 N–H and O–H groups in total. The molecular weight excluding hydrogens is 622 g/mol. The molecule has 4 aromatic rings. The van der Waals surface area contributed by atoms with E-state index in [1.807, 2.05) is 72.9 Å². The number of para-hydroxylation sites is 1. The van der Waals surface area contributed by atoms with Crippen molar-refractivity contribution in [3.05, 3.63) is 94.6 Å². The molecule has 3 amide bonds. The molecule has 10 nitrogen and oxygen atoms in total. The van der Waals surface area contributed by atoms with Gasteiger partial charge in [0, 0.05) is 65.0 Å². The molecule has 0 spiro atoms. The molecule has 0 fully saturated rings. The molecule has 46 heavy (non-hydrogen) atoms. The van der Waals surface area contributed by atoms with Crippen molar-refractivity contribution in [1.82, 2.24) is 25.8 Å². The van der Waals surface area contributed by atoms with Gasteiger partial charge in [0.25, 0.3) is 0 Å². The lowest BCUT2D eigenvalue weighted by molar-refractivity contribution is -0.141. The van der Waals surface area contributed by atoms with Gasteiger partial charge in [-0.3, -0.25) is 14.4 Å². The lowest BCUT2D eigenvalue weighted by atomic mass is 10.0. The third-order valence-electron chi connectivity index (χ3n) is 8.28. The highest BCUT2D eigenvalue weighted by atomic mass is 35.5. The number of rotatable bonds is 6. The quantitative estimate of drug-likeness (QED) is 0.185. The first-order chi connectivity index (χ1) is 22.3. The molecule has 1 aromatic heterocycles. The van der Waals surface area contributed by atoms with Gasteiger partial charge in [0.2, 0.25) is 17.7 Å². The van der Waals surface area contributed by atoms with E-state index in [0.29, 0.717) is 31.0 Å². The maximum absolute atomic E-state index is 14.0. The van der Waals surface area contributed by atoms with Crippen LogP contribution >= 0.6 is 23.4 Å². The third kappa shape index (κ3) is 7.91. The molecule has 1 aliphatic rings. The second-order valence-electron chi connectivity index (χ2n) is 11.4. The molecule has 3 atom stereocenters. The second kappa shape index (κ2) is 15.6. The monoisotopic (exact) mass is 661 g/mol. The molecule has 12 heteroatoms. The van der Waals surface area contributed by atoms with Crippen LogP contribution in [0, 0.1) is 0 Å². The summed E-state index contributed by atoms with van der Waals surface area (Å²) in [7, 11) is 1.58. The first kappa shape index (κ1) is 33.5. The Morgan fingerprint density at radius 3 is 2.48 bits per heavy atom. The molecule has 3 aromatic carbocycles. The number of nitrogens with zero attached hydrogens (tertiary/aromatic N) is 1. The Hall–Kier alpha value is -3.87. The van der Waals surface area contributed by atoms with E-state index in [2.05, 4.69) is 20.9 Å². The van der Waals surface area contributed by atoms with Crippen LogP contribution in [0.15, 0.2) is 82.7 Å². The third-order valence-corrected chi connectivity index (χ3v) is 9.75. The number of aromatic nitrogens is 1. The van der Waals surface area contributed by atoms with Crippen molar-refractivity contribution in [2.24, 2.45) is 11.5 Å². The number of halogens is 1. The van der Waals surface area contributed by atoms with E-state index in [4.69, 9.17) is 23.1 Å². The first-order valence-electron chi connectivity index (χ1n) is 15.4. The van der Waals surface area contributed by atoms with E-state index in [1.165, 1.54) is 4.90 Å². The highest BCUT2D eigenvalue weighted by Crippen LogP contribution is 2.34. The number of hydrogen-bond donors (Lipinski definition) is 6. The fraction of sp³-hybridized carbons (Fsp3) is 0.324. The van der Waals surface area contributed by atoms with E-state index in [0.717, 1.165) is 37.4 Å². The minimum absolute atomic E-state index is 0.134. The molecular formula is C34H40ClN7O3S. The van der Waals surface area contributed by atoms with E-state index in [1.54, 1.807) is 18.8 Å². The minimum atomic E-state index is -1.03. The van der Waals surface area contributed by atoms with Crippen LogP contribution in [0.5, 0.6) is 0 Å². The molecule has 0 radical (unpaired) electrons. The van der Waals surface area contributed by atoms with E-state index in [9.17, 15) is 14.4 Å². The van der Waals surface area contributed by atoms with Gasteiger partial charge >= 0.3 is 0 Å². The van der Waals surface area contributed by atoms with Crippen LogP contribution in [0.3, 0.4) is 0 Å². The fourth-order valence-corrected chi connectivity index (χ4v) is 6.89. The standard InChI is InChI=1S/C34H40ClN7O3S/c1-42-29(16-22-19-38-26-9-4-3-8-25(22)26)33(44)40-20-23-15-24(35)12-13-31(23)46-30-11-5-2-7-21(30)18-39-27(10-6-14-36)32(43)41-28(17-37)34(42)45/h2-5,7-9,11-13,15,19,27-29,38-39H,6,10,14,16-18,20,36-37H2,1H3,(H,40,44)(H,41,43)/t27-,28-,29-/m0/s1. The zero-order valence-corrected chi connectivity index (χ0v) is 27.3. The number of H-pyrrole nitrogens is 1. The largest absolute Gasteiger partial charge is 0.361 e. The van der Waals surface area contributed by atoms with Gasteiger partial charge < -0.3 is 37.3 Å². The molecule has 0 aliphatic carbocycles. The van der Waals surface area contributed by atoms with Crippen molar-refractivity contribution in [2.45, 2.75) is 60.3 Å². The van der Waals surface area contributed by atoms with E-state index < -0.39 is 24.0 Å². The Morgan fingerprint density at radius 1 is 0.913 bits per heavy atom. The molecule has 1 aliphatic heterocycles. The number of carbonyl (C=O) groups is 3. The number of amides is 3. The maximum Gasteiger partial charge on any atom is 0.246 e. The van der Waals surface area contributed by atoms with Gasteiger partial charge in [-0.2, -0.15) is 0 Å². The van der Waals surface area contributed by atoms with Crippen molar-refractivity contribution in [3.63, 3.8) is 0 Å². The SMILES string of the molecule is CN1C(=O)[C@H](CN)NC(=O)[C@H](CCCN)NCc2ccccc2Sc2ccc(Cl)cc2CNC(=O)[C@@H]1Cc1c[nH]c2ccccc12. The molecule has 0 saturated heterocycles. The predicted molar refractivity (Wildman–Crippen MR) is 182 cm³/mol.